The highest BCUT2D eigenvalue weighted by Gasteiger charge is 2.11. The first-order valence-electron chi connectivity index (χ1n) is 4.49. The van der Waals surface area contributed by atoms with Gasteiger partial charge in [-0.05, 0) is 6.42 Å². The van der Waals surface area contributed by atoms with Gasteiger partial charge in [-0.1, -0.05) is 13.3 Å². The van der Waals surface area contributed by atoms with Crippen LogP contribution in [-0.4, -0.2) is 22.5 Å². The van der Waals surface area contributed by atoms with E-state index in [1.165, 1.54) is 12.4 Å². The summed E-state index contributed by atoms with van der Waals surface area (Å²) in [7, 11) is 0. The Balaban J connectivity index is 2.69. The van der Waals surface area contributed by atoms with E-state index in [0.29, 0.717) is 6.61 Å². The van der Waals surface area contributed by atoms with Crippen LogP contribution in [0, 0.1) is 0 Å². The molecule has 14 heavy (non-hydrogen) atoms. The van der Waals surface area contributed by atoms with Crippen molar-refractivity contribution < 1.29 is 9.53 Å². The first kappa shape index (κ1) is 10.4. The molecule has 0 spiro atoms. The van der Waals surface area contributed by atoms with Gasteiger partial charge in [0.25, 0.3) is 5.91 Å². The van der Waals surface area contributed by atoms with Crippen molar-refractivity contribution in [2.24, 2.45) is 5.73 Å². The highest BCUT2D eigenvalue weighted by molar-refractivity contribution is 5.92. The van der Waals surface area contributed by atoms with Crippen molar-refractivity contribution in [2.45, 2.75) is 19.8 Å². The number of nitrogens with zero attached hydrogens (tertiary/aromatic N) is 2. The second-order valence-electron chi connectivity index (χ2n) is 2.78. The Morgan fingerprint density at radius 3 is 2.86 bits per heavy atom. The van der Waals surface area contributed by atoms with E-state index in [2.05, 4.69) is 16.9 Å². The van der Waals surface area contributed by atoms with Crippen molar-refractivity contribution in [3.63, 3.8) is 0 Å². The summed E-state index contributed by atoms with van der Waals surface area (Å²) < 4.78 is 5.26. The molecule has 0 radical (unpaired) electrons. The summed E-state index contributed by atoms with van der Waals surface area (Å²) in [6.07, 6.45) is 4.81. The minimum Gasteiger partial charge on any atom is -0.476 e. The summed E-state index contributed by atoms with van der Waals surface area (Å²) in [5.74, 6) is -0.405. The molecule has 1 amide bonds. The van der Waals surface area contributed by atoms with Crippen molar-refractivity contribution in [1.82, 2.24) is 9.97 Å². The fourth-order valence-corrected chi connectivity index (χ4v) is 0.913. The summed E-state index contributed by atoms with van der Waals surface area (Å²) in [5, 5.41) is 0. The number of hydrogen-bond donors (Lipinski definition) is 1. The van der Waals surface area contributed by atoms with Crippen LogP contribution in [0.4, 0.5) is 0 Å². The molecule has 0 atom stereocenters. The van der Waals surface area contributed by atoms with Gasteiger partial charge in [-0.15, -0.1) is 0 Å². The molecule has 0 bridgehead atoms. The maximum absolute atomic E-state index is 10.9. The lowest BCUT2D eigenvalue weighted by Crippen LogP contribution is -2.16. The molecule has 0 aromatic carbocycles. The van der Waals surface area contributed by atoms with Gasteiger partial charge in [-0.2, -0.15) is 0 Å². The van der Waals surface area contributed by atoms with Gasteiger partial charge < -0.3 is 10.5 Å². The zero-order valence-corrected chi connectivity index (χ0v) is 8.06. The Kier molecular flexibility index (Phi) is 3.84. The molecule has 0 aliphatic rings. The largest absolute Gasteiger partial charge is 0.476 e. The maximum atomic E-state index is 10.9. The van der Waals surface area contributed by atoms with Crippen LogP contribution < -0.4 is 10.5 Å². The molecule has 0 saturated carbocycles. The Morgan fingerprint density at radius 1 is 1.50 bits per heavy atom. The van der Waals surface area contributed by atoms with Gasteiger partial charge in [-0.3, -0.25) is 4.79 Å². The molecule has 0 aliphatic heterocycles. The SMILES string of the molecule is CCCCOc1nccnc1C(N)=O. The summed E-state index contributed by atoms with van der Waals surface area (Å²) in [4.78, 5) is 18.6. The van der Waals surface area contributed by atoms with Crippen LogP contribution in [0.3, 0.4) is 0 Å². The summed E-state index contributed by atoms with van der Waals surface area (Å²) >= 11 is 0. The Morgan fingerprint density at radius 2 is 2.21 bits per heavy atom. The quantitative estimate of drug-likeness (QED) is 0.703. The molecular formula is C9H13N3O2. The lowest BCUT2D eigenvalue weighted by molar-refractivity contribution is 0.0990. The number of hydrogen-bond acceptors (Lipinski definition) is 4. The van der Waals surface area contributed by atoms with Crippen LogP contribution in [0.25, 0.3) is 0 Å². The van der Waals surface area contributed by atoms with E-state index in [1.54, 1.807) is 0 Å². The molecule has 0 saturated heterocycles. The summed E-state index contributed by atoms with van der Waals surface area (Å²) in [5.41, 5.74) is 5.18. The van der Waals surface area contributed by atoms with Gasteiger partial charge in [0, 0.05) is 12.4 Å². The minimum absolute atomic E-state index is 0.0867. The third-order valence-electron chi connectivity index (χ3n) is 1.63. The molecule has 0 fully saturated rings. The van der Waals surface area contributed by atoms with Crippen molar-refractivity contribution in [1.29, 1.82) is 0 Å². The van der Waals surface area contributed by atoms with E-state index < -0.39 is 5.91 Å². The molecule has 1 rings (SSSR count). The number of ether oxygens (including phenoxy) is 1. The summed E-state index contributed by atoms with van der Waals surface area (Å²) in [6, 6.07) is 0. The van der Waals surface area contributed by atoms with E-state index in [0.717, 1.165) is 12.8 Å². The van der Waals surface area contributed by atoms with Gasteiger partial charge in [0.05, 0.1) is 6.61 Å². The van der Waals surface area contributed by atoms with E-state index in [-0.39, 0.29) is 11.6 Å². The molecule has 5 heteroatoms. The Bertz CT molecular complexity index is 315. The zero-order chi connectivity index (χ0) is 10.4. The molecule has 0 aliphatic carbocycles. The van der Waals surface area contributed by atoms with Gasteiger partial charge in [0.2, 0.25) is 5.88 Å². The smallest absolute Gasteiger partial charge is 0.272 e. The van der Waals surface area contributed by atoms with Crippen molar-refractivity contribution in [3.05, 3.63) is 18.1 Å². The van der Waals surface area contributed by atoms with Crippen molar-refractivity contribution >= 4 is 5.91 Å². The number of nitrogens with two attached hydrogens (primary N) is 1. The maximum Gasteiger partial charge on any atom is 0.272 e. The number of amides is 1. The molecular weight excluding hydrogens is 182 g/mol. The van der Waals surface area contributed by atoms with Crippen LogP contribution in [0.5, 0.6) is 5.88 Å². The number of carbonyl (C=O) groups is 1. The van der Waals surface area contributed by atoms with Crippen LogP contribution in [-0.2, 0) is 0 Å². The van der Waals surface area contributed by atoms with E-state index in [1.807, 2.05) is 0 Å². The van der Waals surface area contributed by atoms with Gasteiger partial charge in [0.1, 0.15) is 0 Å². The normalized spacial score (nSPS) is 9.79. The second-order valence-corrected chi connectivity index (χ2v) is 2.78. The predicted octanol–water partition coefficient (Wildman–Crippen LogP) is 0.754. The van der Waals surface area contributed by atoms with Crippen molar-refractivity contribution in [3.8, 4) is 5.88 Å². The lowest BCUT2D eigenvalue weighted by Gasteiger charge is -2.05. The standard InChI is InChI=1S/C9H13N3O2/c1-2-3-6-14-9-7(8(10)13)11-4-5-12-9/h4-5H,2-3,6H2,1H3,(H2,10,13). The number of primary amides is 1. The lowest BCUT2D eigenvalue weighted by atomic mass is 10.3. The zero-order valence-electron chi connectivity index (χ0n) is 8.06. The number of aromatic nitrogens is 2. The molecule has 76 valence electrons. The van der Waals surface area contributed by atoms with E-state index in [9.17, 15) is 4.79 Å². The third-order valence-corrected chi connectivity index (χ3v) is 1.63. The van der Waals surface area contributed by atoms with Crippen molar-refractivity contribution in [2.75, 3.05) is 6.61 Å². The molecule has 0 unspecified atom stereocenters. The molecule has 1 heterocycles. The first-order chi connectivity index (χ1) is 6.75. The van der Waals surface area contributed by atoms with Crippen LogP contribution in [0.15, 0.2) is 12.4 Å². The van der Waals surface area contributed by atoms with Gasteiger partial charge >= 0.3 is 0 Å². The molecule has 5 nitrogen and oxygen atoms in total. The second kappa shape index (κ2) is 5.16. The fourth-order valence-electron chi connectivity index (χ4n) is 0.913. The van der Waals surface area contributed by atoms with E-state index in [4.69, 9.17) is 10.5 Å². The minimum atomic E-state index is -0.621. The number of unbranched alkanes of at least 4 members (excludes halogenated alkanes) is 1. The molecule has 1 aromatic rings. The summed E-state index contributed by atoms with van der Waals surface area (Å²) in [6.45, 7) is 2.57. The number of rotatable bonds is 5. The topological polar surface area (TPSA) is 78.1 Å². The van der Waals surface area contributed by atoms with Gasteiger partial charge in [-0.25, -0.2) is 9.97 Å². The van der Waals surface area contributed by atoms with Gasteiger partial charge in [0.15, 0.2) is 5.69 Å². The van der Waals surface area contributed by atoms with Crippen LogP contribution in [0.2, 0.25) is 0 Å². The highest BCUT2D eigenvalue weighted by atomic mass is 16.5. The monoisotopic (exact) mass is 195 g/mol. The third kappa shape index (κ3) is 2.69. The Labute approximate surface area is 82.3 Å². The first-order valence-corrected chi connectivity index (χ1v) is 4.49. The predicted molar refractivity (Wildman–Crippen MR) is 51.0 cm³/mol. The number of carbonyl (C=O) groups excluding carboxylic acids is 1. The highest BCUT2D eigenvalue weighted by Crippen LogP contribution is 2.10. The van der Waals surface area contributed by atoms with Crippen LogP contribution in [0.1, 0.15) is 30.3 Å². The van der Waals surface area contributed by atoms with E-state index >= 15 is 0 Å². The Hall–Kier alpha value is -1.65. The molecule has 1 aromatic heterocycles. The fraction of sp³-hybridized carbons (Fsp3) is 0.444. The molecule has 2 N–H and O–H groups in total. The average molecular weight is 195 g/mol. The average Bonchev–Trinajstić information content (AvgIpc) is 2.19. The van der Waals surface area contributed by atoms with Crippen LogP contribution >= 0.6 is 0 Å².